The Bertz CT molecular complexity index is 765. The van der Waals surface area contributed by atoms with Gasteiger partial charge in [0, 0.05) is 23.6 Å². The third-order valence-corrected chi connectivity index (χ3v) is 4.76. The zero-order valence-electron chi connectivity index (χ0n) is 14.3. The summed E-state index contributed by atoms with van der Waals surface area (Å²) in [6.45, 7) is 5.23. The summed E-state index contributed by atoms with van der Waals surface area (Å²) in [5, 5.41) is 10.3. The zero-order valence-corrected chi connectivity index (χ0v) is 15.0. The van der Waals surface area contributed by atoms with Gasteiger partial charge in [-0.05, 0) is 38.0 Å². The van der Waals surface area contributed by atoms with Crippen molar-refractivity contribution in [1.82, 2.24) is 9.55 Å². The third kappa shape index (κ3) is 3.42. The van der Waals surface area contributed by atoms with Gasteiger partial charge in [0.15, 0.2) is 5.69 Å². The number of aromatic nitrogens is 2. The lowest BCUT2D eigenvalue weighted by atomic mass is 10.0. The van der Waals surface area contributed by atoms with Gasteiger partial charge >= 0.3 is 5.97 Å². The second-order valence-electron chi connectivity index (χ2n) is 6.56. The first-order valence-corrected chi connectivity index (χ1v) is 8.72. The molecule has 0 saturated carbocycles. The van der Waals surface area contributed by atoms with Crippen molar-refractivity contribution >= 4 is 17.6 Å². The molecule has 3 N–H and O–H groups in total. The van der Waals surface area contributed by atoms with E-state index in [9.17, 15) is 9.90 Å². The molecule has 0 aliphatic carbocycles. The number of hydrogen-bond acceptors (Lipinski definition) is 4. The fourth-order valence-corrected chi connectivity index (χ4v) is 3.44. The van der Waals surface area contributed by atoms with Gasteiger partial charge in [0.25, 0.3) is 0 Å². The zero-order chi connectivity index (χ0) is 18.1. The highest BCUT2D eigenvalue weighted by Gasteiger charge is 2.32. The van der Waals surface area contributed by atoms with E-state index in [4.69, 9.17) is 22.1 Å². The van der Waals surface area contributed by atoms with Crippen LogP contribution in [0.1, 0.15) is 65.8 Å². The summed E-state index contributed by atoms with van der Waals surface area (Å²) in [6, 6.07) is 6.56. The van der Waals surface area contributed by atoms with Gasteiger partial charge in [-0.1, -0.05) is 23.7 Å². The topological polar surface area (TPSA) is 90.4 Å². The first-order valence-electron chi connectivity index (χ1n) is 8.34. The molecule has 134 valence electrons. The number of carboxylic acids is 1. The maximum Gasteiger partial charge on any atom is 0.356 e. The molecule has 0 spiro atoms. The molecule has 0 amide bonds. The van der Waals surface area contributed by atoms with E-state index in [0.717, 1.165) is 17.8 Å². The van der Waals surface area contributed by atoms with E-state index in [-0.39, 0.29) is 17.7 Å². The Hall–Kier alpha value is -1.89. The van der Waals surface area contributed by atoms with Crippen LogP contribution in [0.5, 0.6) is 0 Å². The summed E-state index contributed by atoms with van der Waals surface area (Å²) in [7, 11) is 0. The minimum Gasteiger partial charge on any atom is -0.476 e. The fraction of sp³-hybridized carbons (Fsp3) is 0.444. The molecule has 2 aromatic rings. The van der Waals surface area contributed by atoms with Crippen molar-refractivity contribution in [3.05, 3.63) is 52.1 Å². The van der Waals surface area contributed by atoms with Gasteiger partial charge < -0.3 is 20.1 Å². The Labute approximate surface area is 151 Å². The van der Waals surface area contributed by atoms with E-state index < -0.39 is 12.0 Å². The molecular weight excluding hydrogens is 342 g/mol. The minimum absolute atomic E-state index is 0.0121. The van der Waals surface area contributed by atoms with Crippen molar-refractivity contribution in [2.75, 3.05) is 13.2 Å². The molecule has 6 nitrogen and oxygen atoms in total. The van der Waals surface area contributed by atoms with Crippen LogP contribution in [0.2, 0.25) is 5.02 Å². The summed E-state index contributed by atoms with van der Waals surface area (Å²) in [5.74, 6) is -0.241. The van der Waals surface area contributed by atoms with Crippen molar-refractivity contribution in [2.45, 2.75) is 38.3 Å². The van der Waals surface area contributed by atoms with Gasteiger partial charge in [0.1, 0.15) is 5.82 Å². The molecule has 2 heterocycles. The lowest BCUT2D eigenvalue weighted by Crippen LogP contribution is -2.22. The number of aromatic carboxylic acids is 1. The van der Waals surface area contributed by atoms with Gasteiger partial charge in [-0.3, -0.25) is 0 Å². The molecule has 1 aliphatic heterocycles. The number of nitrogens with two attached hydrogens (primary N) is 1. The van der Waals surface area contributed by atoms with Crippen molar-refractivity contribution < 1.29 is 14.6 Å². The standard InChI is InChI=1S/C18H22ClN3O3/c1-10(2)22-16(14(20)11-3-5-13(19)6-4-11)15(18(23)24)21-17(22)12-7-8-25-9-12/h3-6,10,12,14H,7-9,20H2,1-2H3,(H,23,24). The molecule has 2 atom stereocenters. The number of benzene rings is 1. The average molecular weight is 364 g/mol. The quantitative estimate of drug-likeness (QED) is 0.849. The number of halogens is 1. The van der Waals surface area contributed by atoms with E-state index in [2.05, 4.69) is 4.98 Å². The Morgan fingerprint density at radius 2 is 2.08 bits per heavy atom. The van der Waals surface area contributed by atoms with E-state index in [1.54, 1.807) is 12.1 Å². The van der Waals surface area contributed by atoms with E-state index in [1.807, 2.05) is 30.5 Å². The molecule has 0 bridgehead atoms. The van der Waals surface area contributed by atoms with Crippen molar-refractivity contribution in [1.29, 1.82) is 0 Å². The molecule has 1 fully saturated rings. The van der Waals surface area contributed by atoms with E-state index in [1.165, 1.54) is 0 Å². The molecule has 7 heteroatoms. The summed E-state index contributed by atoms with van der Waals surface area (Å²) < 4.78 is 7.43. The van der Waals surface area contributed by atoms with Gasteiger partial charge in [-0.25, -0.2) is 9.78 Å². The number of ether oxygens (including phenoxy) is 1. The Balaban J connectivity index is 2.15. The number of carbonyl (C=O) groups is 1. The van der Waals surface area contributed by atoms with Crippen molar-refractivity contribution in [2.24, 2.45) is 5.73 Å². The van der Waals surface area contributed by atoms with Crippen LogP contribution in [0, 0.1) is 0 Å². The highest BCUT2D eigenvalue weighted by molar-refractivity contribution is 6.30. The van der Waals surface area contributed by atoms with Crippen LogP contribution in [0.4, 0.5) is 0 Å². The van der Waals surface area contributed by atoms with E-state index in [0.29, 0.717) is 23.9 Å². The first kappa shape index (κ1) is 17.9. The molecule has 2 unspecified atom stereocenters. The monoisotopic (exact) mass is 363 g/mol. The minimum atomic E-state index is -1.07. The smallest absolute Gasteiger partial charge is 0.356 e. The summed E-state index contributed by atoms with van der Waals surface area (Å²) in [4.78, 5) is 16.3. The molecule has 1 aromatic heterocycles. The lowest BCUT2D eigenvalue weighted by molar-refractivity contribution is 0.0689. The van der Waals surface area contributed by atoms with E-state index >= 15 is 0 Å². The molecule has 0 radical (unpaired) electrons. The predicted molar refractivity (Wildman–Crippen MR) is 95.2 cm³/mol. The molecule has 25 heavy (non-hydrogen) atoms. The average Bonchev–Trinajstić information content (AvgIpc) is 3.22. The van der Waals surface area contributed by atoms with Gasteiger partial charge in [-0.15, -0.1) is 0 Å². The molecule has 3 rings (SSSR count). The largest absolute Gasteiger partial charge is 0.476 e. The number of hydrogen-bond donors (Lipinski definition) is 2. The number of carboxylic acid groups (broad SMARTS) is 1. The first-order chi connectivity index (χ1) is 11.9. The summed E-state index contributed by atoms with van der Waals surface area (Å²) in [6.07, 6.45) is 0.832. The van der Waals surface area contributed by atoms with Crippen LogP contribution in [0.15, 0.2) is 24.3 Å². The molecule has 1 aliphatic rings. The molecule has 1 aromatic carbocycles. The van der Waals surface area contributed by atoms with Crippen LogP contribution in [0.25, 0.3) is 0 Å². The maximum atomic E-state index is 11.8. The fourth-order valence-electron chi connectivity index (χ4n) is 3.31. The lowest BCUT2D eigenvalue weighted by Gasteiger charge is -2.22. The van der Waals surface area contributed by atoms with Crippen LogP contribution >= 0.6 is 11.6 Å². The van der Waals surface area contributed by atoms with Crippen molar-refractivity contribution in [3.8, 4) is 0 Å². The number of nitrogens with zero attached hydrogens (tertiary/aromatic N) is 2. The van der Waals surface area contributed by atoms with Gasteiger partial charge in [-0.2, -0.15) is 0 Å². The van der Waals surface area contributed by atoms with Gasteiger partial charge in [0.2, 0.25) is 0 Å². The second-order valence-corrected chi connectivity index (χ2v) is 7.00. The van der Waals surface area contributed by atoms with Crippen LogP contribution in [-0.4, -0.2) is 33.8 Å². The Morgan fingerprint density at radius 3 is 2.60 bits per heavy atom. The summed E-state index contributed by atoms with van der Waals surface area (Å²) >= 11 is 5.95. The number of imidazole rings is 1. The highest BCUT2D eigenvalue weighted by atomic mass is 35.5. The molecular formula is C18H22ClN3O3. The molecule has 1 saturated heterocycles. The van der Waals surface area contributed by atoms with Crippen LogP contribution in [-0.2, 0) is 4.74 Å². The SMILES string of the molecule is CC(C)n1c(C2CCOC2)nc(C(=O)O)c1C(N)c1ccc(Cl)cc1. The van der Waals surface area contributed by atoms with Crippen LogP contribution in [0.3, 0.4) is 0 Å². The summed E-state index contributed by atoms with van der Waals surface area (Å²) in [5.41, 5.74) is 7.78. The van der Waals surface area contributed by atoms with Gasteiger partial charge in [0.05, 0.1) is 18.3 Å². The van der Waals surface area contributed by atoms with Crippen molar-refractivity contribution in [3.63, 3.8) is 0 Å². The highest BCUT2D eigenvalue weighted by Crippen LogP contribution is 2.33. The predicted octanol–water partition coefficient (Wildman–Crippen LogP) is 3.37. The van der Waals surface area contributed by atoms with Crippen LogP contribution < -0.4 is 5.73 Å². The second kappa shape index (κ2) is 7.15. The Kier molecular flexibility index (Phi) is 5.13. The normalized spacial score (nSPS) is 18.7. The Morgan fingerprint density at radius 1 is 1.40 bits per heavy atom. The number of rotatable bonds is 5. The third-order valence-electron chi connectivity index (χ3n) is 4.51. The maximum absolute atomic E-state index is 11.8.